The highest BCUT2D eigenvalue weighted by molar-refractivity contribution is 9.10. The third-order valence-electron chi connectivity index (χ3n) is 5.13. The van der Waals surface area contributed by atoms with Crippen LogP contribution in [0.15, 0.2) is 103 Å². The SMILES string of the molecule is COc1ccc(-c2cc(-c3cc4cc(Br)ccc4oc3=O)oc2-c2ccccc2)cc1. The molecule has 0 spiro atoms. The van der Waals surface area contributed by atoms with Gasteiger partial charge >= 0.3 is 5.63 Å². The van der Waals surface area contributed by atoms with Gasteiger partial charge in [0.2, 0.25) is 0 Å². The molecular weight excluding hydrogens is 456 g/mol. The van der Waals surface area contributed by atoms with Gasteiger partial charge in [-0.2, -0.15) is 0 Å². The van der Waals surface area contributed by atoms with Gasteiger partial charge in [0, 0.05) is 21.0 Å². The summed E-state index contributed by atoms with van der Waals surface area (Å²) in [5.41, 5.74) is 3.24. The first-order valence-electron chi connectivity index (χ1n) is 9.70. The quantitative estimate of drug-likeness (QED) is 0.260. The lowest BCUT2D eigenvalue weighted by molar-refractivity contribution is 0.415. The molecule has 4 nitrogen and oxygen atoms in total. The normalized spacial score (nSPS) is 11.0. The Kier molecular flexibility index (Phi) is 4.96. The maximum atomic E-state index is 12.7. The van der Waals surface area contributed by atoms with Crippen LogP contribution in [0.1, 0.15) is 0 Å². The minimum Gasteiger partial charge on any atom is -0.497 e. The third-order valence-corrected chi connectivity index (χ3v) is 5.62. The number of hydrogen-bond donors (Lipinski definition) is 0. The number of ether oxygens (including phenoxy) is 1. The van der Waals surface area contributed by atoms with Crippen LogP contribution in [0.25, 0.3) is 44.7 Å². The molecule has 31 heavy (non-hydrogen) atoms. The Hall–Kier alpha value is -3.57. The van der Waals surface area contributed by atoms with Crippen LogP contribution in [0.3, 0.4) is 0 Å². The molecule has 152 valence electrons. The van der Waals surface area contributed by atoms with Gasteiger partial charge in [0.15, 0.2) is 0 Å². The maximum absolute atomic E-state index is 12.7. The summed E-state index contributed by atoms with van der Waals surface area (Å²) >= 11 is 3.47. The first kappa shape index (κ1) is 19.4. The fraction of sp³-hybridized carbons (Fsp3) is 0.0385. The highest BCUT2D eigenvalue weighted by Gasteiger charge is 2.19. The molecule has 3 aromatic carbocycles. The zero-order chi connectivity index (χ0) is 21.4. The minimum atomic E-state index is -0.440. The highest BCUT2D eigenvalue weighted by atomic mass is 79.9. The molecule has 0 N–H and O–H groups in total. The van der Waals surface area contributed by atoms with Gasteiger partial charge < -0.3 is 13.6 Å². The largest absolute Gasteiger partial charge is 0.497 e. The van der Waals surface area contributed by atoms with Crippen molar-refractivity contribution in [2.75, 3.05) is 7.11 Å². The molecule has 0 aliphatic carbocycles. The standard InChI is InChI=1S/C26H17BrO4/c1-29-20-10-7-16(8-11-20)21-15-24(30-25(21)17-5-3-2-4-6-17)22-14-18-13-19(27)9-12-23(18)31-26(22)28/h2-15H,1H3. The van der Waals surface area contributed by atoms with Crippen LogP contribution >= 0.6 is 15.9 Å². The van der Waals surface area contributed by atoms with Crippen LogP contribution in [0, 0.1) is 0 Å². The van der Waals surface area contributed by atoms with E-state index in [1.807, 2.05) is 72.8 Å². The predicted octanol–water partition coefficient (Wildman–Crippen LogP) is 7.16. The minimum absolute atomic E-state index is 0.377. The summed E-state index contributed by atoms with van der Waals surface area (Å²) in [5, 5.41) is 0.813. The molecule has 0 saturated carbocycles. The van der Waals surface area contributed by atoms with E-state index in [-0.39, 0.29) is 0 Å². The van der Waals surface area contributed by atoms with Crippen molar-refractivity contribution in [3.63, 3.8) is 0 Å². The van der Waals surface area contributed by atoms with E-state index in [4.69, 9.17) is 13.6 Å². The molecule has 0 amide bonds. The van der Waals surface area contributed by atoms with Gasteiger partial charge in [-0.25, -0.2) is 4.79 Å². The Morgan fingerprint density at radius 2 is 1.55 bits per heavy atom. The number of fused-ring (bicyclic) bond motifs is 1. The fourth-order valence-corrected chi connectivity index (χ4v) is 3.96. The molecule has 0 radical (unpaired) electrons. The first-order chi connectivity index (χ1) is 15.1. The topological polar surface area (TPSA) is 52.6 Å². The van der Waals surface area contributed by atoms with Gasteiger partial charge in [-0.1, -0.05) is 58.4 Å². The second kappa shape index (κ2) is 7.93. The summed E-state index contributed by atoms with van der Waals surface area (Å²) in [7, 11) is 1.64. The summed E-state index contributed by atoms with van der Waals surface area (Å²) in [6.07, 6.45) is 0. The average Bonchev–Trinajstić information content (AvgIpc) is 3.25. The average molecular weight is 473 g/mol. The summed E-state index contributed by atoms with van der Waals surface area (Å²) in [5.74, 6) is 1.92. The molecule has 0 bridgehead atoms. The van der Waals surface area contributed by atoms with E-state index >= 15 is 0 Å². The van der Waals surface area contributed by atoms with E-state index in [0.29, 0.717) is 22.7 Å². The second-order valence-electron chi connectivity index (χ2n) is 7.08. The summed E-state index contributed by atoms with van der Waals surface area (Å²) < 4.78 is 18.0. The highest BCUT2D eigenvalue weighted by Crippen LogP contribution is 2.39. The van der Waals surface area contributed by atoms with E-state index in [0.717, 1.165) is 32.3 Å². The summed E-state index contributed by atoms with van der Waals surface area (Å²) in [6.45, 7) is 0. The van der Waals surface area contributed by atoms with Crippen molar-refractivity contribution in [3.05, 3.63) is 99.8 Å². The zero-order valence-corrected chi connectivity index (χ0v) is 18.2. The Morgan fingerprint density at radius 3 is 2.29 bits per heavy atom. The van der Waals surface area contributed by atoms with Crippen molar-refractivity contribution in [2.45, 2.75) is 0 Å². The summed E-state index contributed by atoms with van der Waals surface area (Å²) in [6, 6.07) is 26.8. The van der Waals surface area contributed by atoms with Crippen LogP contribution in [0.2, 0.25) is 0 Å². The Labute approximate surface area is 186 Å². The van der Waals surface area contributed by atoms with Gasteiger partial charge in [0.25, 0.3) is 0 Å². The lowest BCUT2D eigenvalue weighted by Crippen LogP contribution is -2.01. The molecular formula is C26H17BrO4. The van der Waals surface area contributed by atoms with Crippen molar-refractivity contribution < 1.29 is 13.6 Å². The van der Waals surface area contributed by atoms with Gasteiger partial charge in [0.1, 0.15) is 28.4 Å². The third kappa shape index (κ3) is 3.68. The Bertz CT molecular complexity index is 1430. The number of methoxy groups -OCH3 is 1. The smallest absolute Gasteiger partial charge is 0.347 e. The van der Waals surface area contributed by atoms with E-state index in [9.17, 15) is 4.79 Å². The first-order valence-corrected chi connectivity index (χ1v) is 10.5. The van der Waals surface area contributed by atoms with Crippen LogP contribution in [-0.4, -0.2) is 7.11 Å². The summed E-state index contributed by atoms with van der Waals surface area (Å²) in [4.78, 5) is 12.7. The molecule has 2 aromatic heterocycles. The molecule has 5 aromatic rings. The van der Waals surface area contributed by atoms with Crippen molar-refractivity contribution in [2.24, 2.45) is 0 Å². The number of benzene rings is 3. The van der Waals surface area contributed by atoms with Crippen LogP contribution in [0.4, 0.5) is 0 Å². The molecule has 0 aliphatic heterocycles. The monoisotopic (exact) mass is 472 g/mol. The second-order valence-corrected chi connectivity index (χ2v) is 7.99. The molecule has 0 fully saturated rings. The van der Waals surface area contributed by atoms with Gasteiger partial charge in [0.05, 0.1) is 7.11 Å². The van der Waals surface area contributed by atoms with Gasteiger partial charge in [-0.15, -0.1) is 0 Å². The molecule has 0 unspecified atom stereocenters. The molecule has 0 atom stereocenters. The fourth-order valence-electron chi connectivity index (χ4n) is 3.58. The van der Waals surface area contributed by atoms with Crippen LogP contribution in [-0.2, 0) is 0 Å². The van der Waals surface area contributed by atoms with Gasteiger partial charge in [-0.3, -0.25) is 0 Å². The van der Waals surface area contributed by atoms with Crippen molar-refractivity contribution in [3.8, 4) is 39.5 Å². The number of rotatable bonds is 4. The predicted molar refractivity (Wildman–Crippen MR) is 125 cm³/mol. The molecule has 0 aliphatic rings. The van der Waals surface area contributed by atoms with E-state index in [1.54, 1.807) is 19.2 Å². The molecule has 5 rings (SSSR count). The van der Waals surface area contributed by atoms with E-state index in [2.05, 4.69) is 15.9 Å². The number of hydrogen-bond acceptors (Lipinski definition) is 4. The molecule has 2 heterocycles. The number of halogens is 1. The van der Waals surface area contributed by atoms with E-state index in [1.165, 1.54) is 0 Å². The van der Waals surface area contributed by atoms with Crippen molar-refractivity contribution in [1.82, 2.24) is 0 Å². The van der Waals surface area contributed by atoms with E-state index < -0.39 is 5.63 Å². The maximum Gasteiger partial charge on any atom is 0.347 e. The lowest BCUT2D eigenvalue weighted by Gasteiger charge is -2.04. The Balaban J connectivity index is 1.72. The zero-order valence-electron chi connectivity index (χ0n) is 16.6. The van der Waals surface area contributed by atoms with Crippen LogP contribution in [0.5, 0.6) is 5.75 Å². The lowest BCUT2D eigenvalue weighted by atomic mass is 10.0. The number of furan rings is 1. The van der Waals surface area contributed by atoms with Crippen LogP contribution < -0.4 is 10.4 Å². The molecule has 0 saturated heterocycles. The Morgan fingerprint density at radius 1 is 0.774 bits per heavy atom. The van der Waals surface area contributed by atoms with Crippen molar-refractivity contribution >= 4 is 26.9 Å². The molecule has 5 heteroatoms. The van der Waals surface area contributed by atoms with Crippen molar-refractivity contribution in [1.29, 1.82) is 0 Å². The van der Waals surface area contributed by atoms with Gasteiger partial charge in [-0.05, 0) is 48.0 Å².